The van der Waals surface area contributed by atoms with Crippen molar-refractivity contribution in [2.45, 2.75) is 0 Å². The van der Waals surface area contributed by atoms with Crippen molar-refractivity contribution < 1.29 is 19.7 Å². The molecule has 0 spiro atoms. The maximum absolute atomic E-state index is 9.74. The second-order valence-corrected chi connectivity index (χ2v) is 6.78. The molecule has 3 aromatic carbocycles. The molecule has 0 heterocycles. The Morgan fingerprint density at radius 1 is 0.688 bits per heavy atom. The van der Waals surface area contributed by atoms with E-state index in [1.54, 1.807) is 60.7 Å². The third kappa shape index (κ3) is 4.89. The molecule has 6 nitrogen and oxygen atoms in total. The average Bonchev–Trinajstić information content (AvgIpc) is 2.83. The number of methoxy groups -OCH3 is 2. The van der Waals surface area contributed by atoms with Gasteiger partial charge in [0, 0.05) is 0 Å². The quantitative estimate of drug-likeness (QED) is 0.414. The summed E-state index contributed by atoms with van der Waals surface area (Å²) in [5.74, 6) is 0.686. The molecule has 6 heteroatoms. The van der Waals surface area contributed by atoms with Crippen LogP contribution in [-0.4, -0.2) is 24.4 Å². The summed E-state index contributed by atoms with van der Waals surface area (Å²) >= 11 is 0. The van der Waals surface area contributed by atoms with E-state index in [4.69, 9.17) is 9.47 Å². The van der Waals surface area contributed by atoms with E-state index >= 15 is 0 Å². The highest BCUT2D eigenvalue weighted by atomic mass is 16.5. The summed E-state index contributed by atoms with van der Waals surface area (Å²) in [7, 11) is 2.92. The third-order valence-corrected chi connectivity index (χ3v) is 4.78. The fourth-order valence-electron chi connectivity index (χ4n) is 3.09. The Hall–Kier alpha value is -4.68. The van der Waals surface area contributed by atoms with E-state index < -0.39 is 0 Å². The summed E-state index contributed by atoms with van der Waals surface area (Å²) in [5, 5.41) is 38.7. The molecule has 0 atom stereocenters. The lowest BCUT2D eigenvalue weighted by Crippen LogP contribution is -1.88. The first kappa shape index (κ1) is 22.0. The molecular formula is C26H20N2O4. The van der Waals surface area contributed by atoms with Crippen molar-refractivity contribution in [2.75, 3.05) is 14.2 Å². The molecule has 3 aromatic rings. The summed E-state index contributed by atoms with van der Waals surface area (Å²) in [6, 6.07) is 21.1. The molecule has 2 N–H and O–H groups in total. The van der Waals surface area contributed by atoms with Crippen LogP contribution in [-0.2, 0) is 0 Å². The topological polar surface area (TPSA) is 106 Å². The summed E-state index contributed by atoms with van der Waals surface area (Å²) < 4.78 is 10.2. The van der Waals surface area contributed by atoms with Crippen LogP contribution >= 0.6 is 0 Å². The Morgan fingerprint density at radius 3 is 1.38 bits per heavy atom. The van der Waals surface area contributed by atoms with Gasteiger partial charge in [0.05, 0.1) is 37.5 Å². The fourth-order valence-corrected chi connectivity index (χ4v) is 3.09. The minimum Gasteiger partial charge on any atom is -0.504 e. The van der Waals surface area contributed by atoms with Crippen LogP contribution in [0, 0.1) is 22.7 Å². The predicted molar refractivity (Wildman–Crippen MR) is 123 cm³/mol. The molecule has 0 saturated carbocycles. The van der Waals surface area contributed by atoms with Gasteiger partial charge in [-0.15, -0.1) is 0 Å². The zero-order valence-corrected chi connectivity index (χ0v) is 17.5. The van der Waals surface area contributed by atoms with Crippen molar-refractivity contribution in [3.63, 3.8) is 0 Å². The highest BCUT2D eigenvalue weighted by Crippen LogP contribution is 2.30. The smallest absolute Gasteiger partial charge is 0.161 e. The molecule has 0 aromatic heterocycles. The van der Waals surface area contributed by atoms with Gasteiger partial charge in [0.15, 0.2) is 23.0 Å². The zero-order valence-electron chi connectivity index (χ0n) is 17.5. The molecule has 0 unspecified atom stereocenters. The van der Waals surface area contributed by atoms with Crippen molar-refractivity contribution in [1.29, 1.82) is 10.5 Å². The SMILES string of the molecule is COc1cc(/C=C(\C#N)c2ccc(/C(C#N)=C/c3ccc(O)c(OC)c3)cc2)ccc1O. The molecule has 0 radical (unpaired) electrons. The van der Waals surface area contributed by atoms with E-state index in [0.717, 1.165) is 0 Å². The second kappa shape index (κ2) is 9.88. The predicted octanol–water partition coefficient (Wildman–Crippen LogP) is 5.24. The van der Waals surface area contributed by atoms with Gasteiger partial charge < -0.3 is 19.7 Å². The van der Waals surface area contributed by atoms with Gasteiger partial charge in [0.25, 0.3) is 0 Å². The van der Waals surface area contributed by atoms with E-state index in [1.165, 1.54) is 26.4 Å². The van der Waals surface area contributed by atoms with Gasteiger partial charge in [-0.2, -0.15) is 10.5 Å². The second-order valence-electron chi connectivity index (χ2n) is 6.78. The Kier molecular flexibility index (Phi) is 6.80. The number of ether oxygens (including phenoxy) is 2. The van der Waals surface area contributed by atoms with E-state index in [-0.39, 0.29) is 11.5 Å². The molecule has 0 aliphatic carbocycles. The Labute approximate surface area is 186 Å². The van der Waals surface area contributed by atoms with Crippen LogP contribution in [0.15, 0.2) is 60.7 Å². The number of nitrogens with zero attached hydrogens (tertiary/aromatic N) is 2. The third-order valence-electron chi connectivity index (χ3n) is 4.78. The molecule has 0 aliphatic heterocycles. The van der Waals surface area contributed by atoms with Crippen LogP contribution in [0.5, 0.6) is 23.0 Å². The lowest BCUT2D eigenvalue weighted by molar-refractivity contribution is 0.373. The Balaban J connectivity index is 1.91. The normalized spacial score (nSPS) is 11.4. The van der Waals surface area contributed by atoms with Crippen molar-refractivity contribution in [2.24, 2.45) is 0 Å². The number of nitriles is 2. The highest BCUT2D eigenvalue weighted by molar-refractivity contribution is 5.92. The molecule has 0 amide bonds. The average molecular weight is 424 g/mol. The monoisotopic (exact) mass is 424 g/mol. The van der Waals surface area contributed by atoms with E-state index in [9.17, 15) is 20.7 Å². The number of benzene rings is 3. The van der Waals surface area contributed by atoms with Crippen molar-refractivity contribution in [3.05, 3.63) is 82.9 Å². The van der Waals surface area contributed by atoms with Crippen molar-refractivity contribution in [3.8, 4) is 35.1 Å². The Bertz CT molecular complexity index is 1180. The van der Waals surface area contributed by atoms with E-state index in [2.05, 4.69) is 12.1 Å². The molecule has 0 fully saturated rings. The van der Waals surface area contributed by atoms with Crippen LogP contribution in [0.3, 0.4) is 0 Å². The first-order chi connectivity index (χ1) is 15.5. The van der Waals surface area contributed by atoms with Crippen LogP contribution in [0.4, 0.5) is 0 Å². The molecular weight excluding hydrogens is 404 g/mol. The van der Waals surface area contributed by atoms with Crippen LogP contribution in [0.1, 0.15) is 22.3 Å². The van der Waals surface area contributed by atoms with Gasteiger partial charge in [0.1, 0.15) is 0 Å². The number of rotatable bonds is 6. The molecule has 158 valence electrons. The lowest BCUT2D eigenvalue weighted by atomic mass is 9.98. The zero-order chi connectivity index (χ0) is 23.1. The molecule has 0 bridgehead atoms. The minimum absolute atomic E-state index is 0.0228. The Morgan fingerprint density at radius 2 is 1.06 bits per heavy atom. The number of phenols is 2. The summed E-state index contributed by atoms with van der Waals surface area (Å²) in [6.45, 7) is 0. The minimum atomic E-state index is 0.0228. The van der Waals surface area contributed by atoms with Crippen LogP contribution in [0.2, 0.25) is 0 Å². The number of allylic oxidation sites excluding steroid dienone is 2. The van der Waals surface area contributed by atoms with Gasteiger partial charge in [-0.05, 0) is 58.7 Å². The first-order valence-electron chi connectivity index (χ1n) is 9.57. The van der Waals surface area contributed by atoms with Crippen LogP contribution < -0.4 is 9.47 Å². The largest absolute Gasteiger partial charge is 0.504 e. The molecule has 0 saturated heterocycles. The van der Waals surface area contributed by atoms with Gasteiger partial charge in [-0.25, -0.2) is 0 Å². The summed E-state index contributed by atoms with van der Waals surface area (Å²) in [6.07, 6.45) is 3.39. The number of hydrogen-bond acceptors (Lipinski definition) is 6. The standard InChI is InChI=1S/C26H20N2O4/c1-31-25-13-17(3-9-23(25)29)11-21(15-27)19-5-7-20(8-6-19)22(16-28)12-18-4-10-24(30)26(14-18)32-2/h3-14,29-30H,1-2H3/b21-11+,22-12+. The highest BCUT2D eigenvalue weighted by Gasteiger charge is 2.08. The van der Waals surface area contributed by atoms with Crippen molar-refractivity contribution >= 4 is 23.3 Å². The number of hydrogen-bond donors (Lipinski definition) is 2. The molecule has 32 heavy (non-hydrogen) atoms. The lowest BCUT2D eigenvalue weighted by Gasteiger charge is -2.06. The van der Waals surface area contributed by atoms with E-state index in [1.807, 2.05) is 0 Å². The fraction of sp³-hybridized carbons (Fsp3) is 0.0769. The van der Waals surface area contributed by atoms with E-state index in [0.29, 0.717) is 44.9 Å². The number of aromatic hydroxyl groups is 2. The number of phenolic OH excluding ortho intramolecular Hbond substituents is 2. The summed E-state index contributed by atoms with van der Waals surface area (Å²) in [4.78, 5) is 0. The van der Waals surface area contributed by atoms with Gasteiger partial charge >= 0.3 is 0 Å². The maximum Gasteiger partial charge on any atom is 0.161 e. The van der Waals surface area contributed by atoms with Gasteiger partial charge in [-0.3, -0.25) is 0 Å². The van der Waals surface area contributed by atoms with Crippen molar-refractivity contribution in [1.82, 2.24) is 0 Å². The summed E-state index contributed by atoms with van der Waals surface area (Å²) in [5.41, 5.74) is 3.64. The molecule has 3 rings (SSSR count). The van der Waals surface area contributed by atoms with Crippen LogP contribution in [0.25, 0.3) is 23.3 Å². The molecule has 0 aliphatic rings. The first-order valence-corrected chi connectivity index (χ1v) is 9.57. The van der Waals surface area contributed by atoms with Gasteiger partial charge in [0.2, 0.25) is 0 Å². The van der Waals surface area contributed by atoms with Gasteiger partial charge in [-0.1, -0.05) is 36.4 Å². The maximum atomic E-state index is 9.74.